The molecule has 88 valence electrons. The molecule has 0 bridgehead atoms. The molecule has 1 aliphatic rings. The Morgan fingerprint density at radius 1 is 1.31 bits per heavy atom. The van der Waals surface area contributed by atoms with Gasteiger partial charge in [-0.15, -0.1) is 0 Å². The lowest BCUT2D eigenvalue weighted by Gasteiger charge is -2.31. The van der Waals surface area contributed by atoms with Crippen LogP contribution in [0.25, 0.3) is 0 Å². The van der Waals surface area contributed by atoms with Crippen molar-refractivity contribution < 1.29 is 4.39 Å². The molecule has 0 aliphatic carbocycles. The third kappa shape index (κ3) is 2.26. The lowest BCUT2D eigenvalue weighted by atomic mass is 9.99. The Balaban J connectivity index is 2.26. The van der Waals surface area contributed by atoms with E-state index in [-0.39, 0.29) is 5.15 Å². The maximum absolute atomic E-state index is 13.8. The van der Waals surface area contributed by atoms with E-state index in [0.29, 0.717) is 17.6 Å². The van der Waals surface area contributed by atoms with E-state index >= 15 is 0 Å². The van der Waals surface area contributed by atoms with Crippen LogP contribution in [0.4, 0.5) is 10.2 Å². The Labute approximate surface area is 99.6 Å². The summed E-state index contributed by atoms with van der Waals surface area (Å²) in [5.41, 5.74) is 0. The molecule has 3 nitrogen and oxygen atoms in total. The van der Waals surface area contributed by atoms with Crippen LogP contribution in [0.5, 0.6) is 0 Å². The SMILES string of the molecule is Cc1nc(Cl)c(F)c(N2CCC(C)CC2)n1. The van der Waals surface area contributed by atoms with Gasteiger partial charge in [-0.2, -0.15) is 4.39 Å². The standard InChI is InChI=1S/C11H15ClFN3/c1-7-3-5-16(6-4-7)11-9(13)10(12)14-8(2)15-11/h7H,3-6H2,1-2H3. The molecular formula is C11H15ClFN3. The molecule has 0 amide bonds. The largest absolute Gasteiger partial charge is 0.354 e. The van der Waals surface area contributed by atoms with E-state index in [1.165, 1.54) is 0 Å². The van der Waals surface area contributed by atoms with Crippen LogP contribution in [0.15, 0.2) is 0 Å². The average Bonchev–Trinajstić information content (AvgIpc) is 2.25. The van der Waals surface area contributed by atoms with Gasteiger partial charge in [-0.3, -0.25) is 0 Å². The Morgan fingerprint density at radius 3 is 2.56 bits per heavy atom. The molecule has 0 radical (unpaired) electrons. The quantitative estimate of drug-likeness (QED) is 0.711. The van der Waals surface area contributed by atoms with E-state index in [1.54, 1.807) is 6.92 Å². The lowest BCUT2D eigenvalue weighted by Crippen LogP contribution is -2.34. The highest BCUT2D eigenvalue weighted by atomic mass is 35.5. The zero-order valence-corrected chi connectivity index (χ0v) is 10.3. The molecule has 16 heavy (non-hydrogen) atoms. The minimum atomic E-state index is -0.498. The molecule has 1 aromatic rings. The van der Waals surface area contributed by atoms with Gasteiger partial charge in [-0.05, 0) is 25.7 Å². The summed E-state index contributed by atoms with van der Waals surface area (Å²) in [5, 5.41) is -0.0823. The van der Waals surface area contributed by atoms with Crippen LogP contribution < -0.4 is 4.90 Å². The number of halogens is 2. The van der Waals surface area contributed by atoms with Gasteiger partial charge in [-0.1, -0.05) is 18.5 Å². The molecule has 0 atom stereocenters. The van der Waals surface area contributed by atoms with E-state index in [1.807, 2.05) is 4.90 Å². The molecule has 1 aliphatic heterocycles. The Morgan fingerprint density at radius 2 is 1.94 bits per heavy atom. The summed E-state index contributed by atoms with van der Waals surface area (Å²) in [4.78, 5) is 9.89. The molecule has 1 fully saturated rings. The maximum Gasteiger partial charge on any atom is 0.202 e. The summed E-state index contributed by atoms with van der Waals surface area (Å²) in [6.45, 7) is 5.61. The van der Waals surface area contributed by atoms with Crippen molar-refractivity contribution >= 4 is 17.4 Å². The first-order valence-corrected chi connectivity index (χ1v) is 5.90. The van der Waals surface area contributed by atoms with Gasteiger partial charge >= 0.3 is 0 Å². The molecule has 0 spiro atoms. The van der Waals surface area contributed by atoms with Gasteiger partial charge in [0.1, 0.15) is 5.82 Å². The van der Waals surface area contributed by atoms with Gasteiger partial charge in [0.15, 0.2) is 11.0 Å². The first-order valence-electron chi connectivity index (χ1n) is 5.52. The van der Waals surface area contributed by atoms with Crippen LogP contribution in [-0.2, 0) is 0 Å². The van der Waals surface area contributed by atoms with Crippen molar-refractivity contribution in [3.8, 4) is 0 Å². The van der Waals surface area contributed by atoms with Crippen LogP contribution in [-0.4, -0.2) is 23.1 Å². The molecule has 0 N–H and O–H groups in total. The number of anilines is 1. The summed E-state index contributed by atoms with van der Waals surface area (Å²) in [6, 6.07) is 0. The minimum absolute atomic E-state index is 0.0823. The fourth-order valence-corrected chi connectivity index (χ4v) is 2.15. The molecule has 0 saturated carbocycles. The van der Waals surface area contributed by atoms with Crippen LogP contribution in [0, 0.1) is 18.7 Å². The molecule has 0 aromatic carbocycles. The van der Waals surface area contributed by atoms with E-state index in [2.05, 4.69) is 16.9 Å². The highest BCUT2D eigenvalue weighted by molar-refractivity contribution is 6.29. The predicted octanol–water partition coefficient (Wildman–Crippen LogP) is 2.81. The normalized spacial score (nSPS) is 17.9. The molecule has 5 heteroatoms. The van der Waals surface area contributed by atoms with Gasteiger partial charge in [0.25, 0.3) is 0 Å². The summed E-state index contributed by atoms with van der Waals surface area (Å²) >= 11 is 5.71. The number of aryl methyl sites for hydroxylation is 1. The minimum Gasteiger partial charge on any atom is -0.354 e. The highest BCUT2D eigenvalue weighted by Crippen LogP contribution is 2.26. The fourth-order valence-electron chi connectivity index (χ4n) is 1.94. The monoisotopic (exact) mass is 243 g/mol. The number of aromatic nitrogens is 2. The number of hydrogen-bond donors (Lipinski definition) is 0. The predicted molar refractivity (Wildman–Crippen MR) is 62.3 cm³/mol. The molecule has 2 heterocycles. The van der Waals surface area contributed by atoms with Crippen LogP contribution >= 0.6 is 11.6 Å². The van der Waals surface area contributed by atoms with Crippen molar-refractivity contribution in [1.29, 1.82) is 0 Å². The maximum atomic E-state index is 13.8. The summed E-state index contributed by atoms with van der Waals surface area (Å²) in [5.74, 6) is 1.07. The second-order valence-electron chi connectivity index (χ2n) is 4.37. The third-order valence-corrected chi connectivity index (χ3v) is 3.24. The second kappa shape index (κ2) is 4.53. The van der Waals surface area contributed by atoms with E-state index in [0.717, 1.165) is 25.9 Å². The topological polar surface area (TPSA) is 29.0 Å². The summed E-state index contributed by atoms with van der Waals surface area (Å²) < 4.78 is 13.8. The van der Waals surface area contributed by atoms with Crippen molar-refractivity contribution in [3.63, 3.8) is 0 Å². The number of nitrogens with zero attached hydrogens (tertiary/aromatic N) is 3. The molecule has 0 unspecified atom stereocenters. The first kappa shape index (κ1) is 11.6. The van der Waals surface area contributed by atoms with E-state index < -0.39 is 5.82 Å². The molecule has 1 saturated heterocycles. The Hall–Kier alpha value is -0.900. The van der Waals surface area contributed by atoms with Gasteiger partial charge in [-0.25, -0.2) is 9.97 Å². The first-order chi connectivity index (χ1) is 7.58. The number of hydrogen-bond acceptors (Lipinski definition) is 3. The van der Waals surface area contributed by atoms with Crippen molar-refractivity contribution in [3.05, 3.63) is 16.8 Å². The van der Waals surface area contributed by atoms with Crippen molar-refractivity contribution in [2.75, 3.05) is 18.0 Å². The van der Waals surface area contributed by atoms with E-state index in [9.17, 15) is 4.39 Å². The third-order valence-electron chi connectivity index (χ3n) is 2.99. The van der Waals surface area contributed by atoms with Crippen molar-refractivity contribution in [1.82, 2.24) is 9.97 Å². The van der Waals surface area contributed by atoms with Crippen LogP contribution in [0.2, 0.25) is 5.15 Å². The van der Waals surface area contributed by atoms with Crippen molar-refractivity contribution in [2.24, 2.45) is 5.92 Å². The molecular weight excluding hydrogens is 229 g/mol. The number of piperidine rings is 1. The zero-order chi connectivity index (χ0) is 11.7. The zero-order valence-electron chi connectivity index (χ0n) is 9.50. The smallest absolute Gasteiger partial charge is 0.202 e. The van der Waals surface area contributed by atoms with Crippen LogP contribution in [0.3, 0.4) is 0 Å². The molecule has 2 rings (SSSR count). The van der Waals surface area contributed by atoms with Crippen LogP contribution in [0.1, 0.15) is 25.6 Å². The van der Waals surface area contributed by atoms with Gasteiger partial charge < -0.3 is 4.90 Å². The van der Waals surface area contributed by atoms with Gasteiger partial charge in [0.2, 0.25) is 5.82 Å². The molecule has 1 aromatic heterocycles. The average molecular weight is 244 g/mol. The fraction of sp³-hybridized carbons (Fsp3) is 0.636. The summed E-state index contributed by atoms with van der Waals surface area (Å²) in [7, 11) is 0. The lowest BCUT2D eigenvalue weighted by molar-refractivity contribution is 0.431. The number of rotatable bonds is 1. The van der Waals surface area contributed by atoms with Gasteiger partial charge in [0, 0.05) is 13.1 Å². The summed E-state index contributed by atoms with van der Waals surface area (Å²) in [6.07, 6.45) is 2.14. The van der Waals surface area contributed by atoms with Gasteiger partial charge in [0.05, 0.1) is 0 Å². The Bertz CT molecular complexity index is 389. The van der Waals surface area contributed by atoms with Crippen molar-refractivity contribution in [2.45, 2.75) is 26.7 Å². The highest BCUT2D eigenvalue weighted by Gasteiger charge is 2.22. The van der Waals surface area contributed by atoms with E-state index in [4.69, 9.17) is 11.6 Å². The Kier molecular flexibility index (Phi) is 3.28. The second-order valence-corrected chi connectivity index (χ2v) is 4.73.